The summed E-state index contributed by atoms with van der Waals surface area (Å²) in [5.74, 6) is 0.612. The summed E-state index contributed by atoms with van der Waals surface area (Å²) in [4.78, 5) is 8.47. The van der Waals surface area contributed by atoms with Crippen LogP contribution in [-0.2, 0) is 0 Å². The van der Waals surface area contributed by atoms with Gasteiger partial charge in [-0.05, 0) is 25.3 Å². The molecule has 0 aliphatic rings. The number of fused-ring (bicyclic) bond motifs is 1. The Balaban J connectivity index is 2.48. The van der Waals surface area contributed by atoms with E-state index in [0.29, 0.717) is 25.1 Å². The predicted molar refractivity (Wildman–Crippen MR) is 59.8 cm³/mol. The highest BCUT2D eigenvalue weighted by molar-refractivity contribution is 7.17. The SMILES string of the molecule is CCOc1nc(OCC)c2sccc2n1. The first-order valence-electron chi connectivity index (χ1n) is 4.86. The van der Waals surface area contributed by atoms with E-state index in [9.17, 15) is 0 Å². The summed E-state index contributed by atoms with van der Waals surface area (Å²) >= 11 is 1.58. The van der Waals surface area contributed by atoms with Crippen LogP contribution in [0.3, 0.4) is 0 Å². The fourth-order valence-corrected chi connectivity index (χ4v) is 2.02. The van der Waals surface area contributed by atoms with Crippen molar-refractivity contribution < 1.29 is 9.47 Å². The van der Waals surface area contributed by atoms with Crippen LogP contribution < -0.4 is 9.47 Å². The number of ether oxygens (including phenoxy) is 2. The van der Waals surface area contributed by atoms with Crippen molar-refractivity contribution in [2.45, 2.75) is 13.8 Å². The number of thiophene rings is 1. The van der Waals surface area contributed by atoms with Gasteiger partial charge in [0, 0.05) is 0 Å². The second-order valence-corrected chi connectivity index (χ2v) is 3.73. The Labute approximate surface area is 91.9 Å². The Hall–Kier alpha value is -1.36. The molecule has 0 bridgehead atoms. The molecule has 0 aliphatic carbocycles. The van der Waals surface area contributed by atoms with Gasteiger partial charge in [0.25, 0.3) is 0 Å². The Bertz CT molecular complexity index is 456. The molecule has 0 unspecified atom stereocenters. The van der Waals surface area contributed by atoms with Crippen molar-refractivity contribution in [2.24, 2.45) is 0 Å². The van der Waals surface area contributed by atoms with E-state index in [0.717, 1.165) is 10.2 Å². The average Bonchev–Trinajstić information content (AvgIpc) is 2.67. The van der Waals surface area contributed by atoms with Gasteiger partial charge < -0.3 is 9.47 Å². The molecule has 0 fully saturated rings. The monoisotopic (exact) mass is 224 g/mol. The zero-order valence-electron chi connectivity index (χ0n) is 8.69. The normalized spacial score (nSPS) is 10.5. The van der Waals surface area contributed by atoms with E-state index in [1.54, 1.807) is 11.3 Å². The lowest BCUT2D eigenvalue weighted by Gasteiger charge is -2.05. The topological polar surface area (TPSA) is 44.2 Å². The molecule has 0 saturated carbocycles. The van der Waals surface area contributed by atoms with Gasteiger partial charge in [-0.15, -0.1) is 11.3 Å². The third-order valence-corrected chi connectivity index (χ3v) is 2.70. The summed E-state index contributed by atoms with van der Waals surface area (Å²) in [6.07, 6.45) is 0. The molecule has 80 valence electrons. The van der Waals surface area contributed by atoms with Crippen LogP contribution in [0.1, 0.15) is 13.8 Å². The number of nitrogens with zero attached hydrogens (tertiary/aromatic N) is 2. The van der Waals surface area contributed by atoms with E-state index in [1.807, 2.05) is 25.3 Å². The fourth-order valence-electron chi connectivity index (χ4n) is 1.24. The van der Waals surface area contributed by atoms with E-state index in [1.165, 1.54) is 0 Å². The molecule has 15 heavy (non-hydrogen) atoms. The highest BCUT2D eigenvalue weighted by atomic mass is 32.1. The van der Waals surface area contributed by atoms with E-state index in [-0.39, 0.29) is 0 Å². The van der Waals surface area contributed by atoms with E-state index >= 15 is 0 Å². The molecule has 0 saturated heterocycles. The van der Waals surface area contributed by atoms with Crippen molar-refractivity contribution in [1.82, 2.24) is 9.97 Å². The zero-order chi connectivity index (χ0) is 10.7. The van der Waals surface area contributed by atoms with Crippen LogP contribution in [0.5, 0.6) is 11.9 Å². The molecule has 2 aromatic rings. The van der Waals surface area contributed by atoms with Crippen LogP contribution in [0.15, 0.2) is 11.4 Å². The zero-order valence-corrected chi connectivity index (χ0v) is 9.50. The van der Waals surface area contributed by atoms with Gasteiger partial charge in [0.2, 0.25) is 5.88 Å². The molecule has 2 aromatic heterocycles. The summed E-state index contributed by atoms with van der Waals surface area (Å²) in [6, 6.07) is 2.32. The van der Waals surface area contributed by atoms with Crippen molar-refractivity contribution >= 4 is 21.6 Å². The first kappa shape index (κ1) is 10.2. The quantitative estimate of drug-likeness (QED) is 0.800. The summed E-state index contributed by atoms with van der Waals surface area (Å²) in [5, 5.41) is 1.97. The highest BCUT2D eigenvalue weighted by Gasteiger charge is 2.10. The minimum absolute atomic E-state index is 0.381. The smallest absolute Gasteiger partial charge is 0.320 e. The van der Waals surface area contributed by atoms with Gasteiger partial charge in [-0.2, -0.15) is 9.97 Å². The van der Waals surface area contributed by atoms with Gasteiger partial charge in [-0.25, -0.2) is 0 Å². The molecule has 0 aromatic carbocycles. The van der Waals surface area contributed by atoms with Crippen molar-refractivity contribution in [3.63, 3.8) is 0 Å². The molecule has 0 N–H and O–H groups in total. The Morgan fingerprint density at radius 1 is 1.20 bits per heavy atom. The molecule has 4 nitrogen and oxygen atoms in total. The van der Waals surface area contributed by atoms with Crippen LogP contribution in [0.4, 0.5) is 0 Å². The maximum absolute atomic E-state index is 5.44. The molecule has 0 atom stereocenters. The predicted octanol–water partition coefficient (Wildman–Crippen LogP) is 2.49. The first-order valence-corrected chi connectivity index (χ1v) is 5.74. The summed E-state index contributed by atoms with van der Waals surface area (Å²) < 4.78 is 11.7. The maximum Gasteiger partial charge on any atom is 0.320 e. The van der Waals surface area contributed by atoms with Crippen molar-refractivity contribution in [2.75, 3.05) is 13.2 Å². The maximum atomic E-state index is 5.44. The van der Waals surface area contributed by atoms with Crippen LogP contribution in [-0.4, -0.2) is 23.2 Å². The van der Waals surface area contributed by atoms with Gasteiger partial charge in [-0.1, -0.05) is 0 Å². The average molecular weight is 224 g/mol. The van der Waals surface area contributed by atoms with E-state index in [2.05, 4.69) is 9.97 Å². The Morgan fingerprint density at radius 3 is 2.73 bits per heavy atom. The Kier molecular flexibility index (Phi) is 3.01. The third kappa shape index (κ3) is 2.02. The standard InChI is InChI=1S/C10H12N2O2S/c1-3-13-9-8-7(5-6-15-8)11-10(12-9)14-4-2/h5-6H,3-4H2,1-2H3. The molecular formula is C10H12N2O2S. The van der Waals surface area contributed by atoms with Gasteiger partial charge in [0.05, 0.1) is 18.7 Å². The number of aromatic nitrogens is 2. The summed E-state index contributed by atoms with van der Waals surface area (Å²) in [6.45, 7) is 4.99. The van der Waals surface area contributed by atoms with E-state index in [4.69, 9.17) is 9.47 Å². The summed E-state index contributed by atoms with van der Waals surface area (Å²) in [5.41, 5.74) is 0.877. The Morgan fingerprint density at radius 2 is 2.00 bits per heavy atom. The fraction of sp³-hybridized carbons (Fsp3) is 0.400. The molecule has 2 rings (SSSR count). The van der Waals surface area contributed by atoms with E-state index < -0.39 is 0 Å². The first-order chi connectivity index (χ1) is 7.35. The molecule has 0 aliphatic heterocycles. The van der Waals surface area contributed by atoms with Crippen LogP contribution in [0, 0.1) is 0 Å². The van der Waals surface area contributed by atoms with Gasteiger partial charge in [0.15, 0.2) is 0 Å². The number of hydrogen-bond acceptors (Lipinski definition) is 5. The lowest BCUT2D eigenvalue weighted by Crippen LogP contribution is -2.01. The second-order valence-electron chi connectivity index (χ2n) is 2.81. The molecule has 0 radical (unpaired) electrons. The van der Waals surface area contributed by atoms with Crippen molar-refractivity contribution in [3.8, 4) is 11.9 Å². The molecular weight excluding hydrogens is 212 g/mol. The van der Waals surface area contributed by atoms with Crippen molar-refractivity contribution in [3.05, 3.63) is 11.4 Å². The molecule has 2 heterocycles. The summed E-state index contributed by atoms with van der Waals surface area (Å²) in [7, 11) is 0. The molecule has 0 spiro atoms. The molecule has 0 amide bonds. The van der Waals surface area contributed by atoms with Gasteiger partial charge >= 0.3 is 6.01 Å². The second kappa shape index (κ2) is 4.44. The lowest BCUT2D eigenvalue weighted by molar-refractivity contribution is 0.293. The minimum atomic E-state index is 0.381. The third-order valence-electron chi connectivity index (χ3n) is 1.81. The number of hydrogen-bond donors (Lipinski definition) is 0. The lowest BCUT2D eigenvalue weighted by atomic mass is 10.5. The van der Waals surface area contributed by atoms with Gasteiger partial charge in [0.1, 0.15) is 4.70 Å². The minimum Gasteiger partial charge on any atom is -0.477 e. The highest BCUT2D eigenvalue weighted by Crippen LogP contribution is 2.29. The van der Waals surface area contributed by atoms with Crippen LogP contribution in [0.2, 0.25) is 0 Å². The van der Waals surface area contributed by atoms with Crippen molar-refractivity contribution in [1.29, 1.82) is 0 Å². The van der Waals surface area contributed by atoms with Crippen LogP contribution >= 0.6 is 11.3 Å². The number of rotatable bonds is 4. The van der Waals surface area contributed by atoms with Gasteiger partial charge in [-0.3, -0.25) is 0 Å². The van der Waals surface area contributed by atoms with Crippen LogP contribution in [0.25, 0.3) is 10.2 Å². The largest absolute Gasteiger partial charge is 0.477 e. The molecule has 5 heteroatoms.